The van der Waals surface area contributed by atoms with Gasteiger partial charge in [0.25, 0.3) is 11.8 Å². The van der Waals surface area contributed by atoms with Gasteiger partial charge in [0.15, 0.2) is 11.6 Å². The first kappa shape index (κ1) is 22.1. The van der Waals surface area contributed by atoms with Gasteiger partial charge in [-0.1, -0.05) is 15.9 Å². The zero-order chi connectivity index (χ0) is 22.8. The smallest absolute Gasteiger partial charge is 0.406 e. The van der Waals surface area contributed by atoms with E-state index in [1.165, 1.54) is 23.1 Å². The topological polar surface area (TPSA) is 138 Å². The summed E-state index contributed by atoms with van der Waals surface area (Å²) in [6.45, 7) is 1.58. The molecule has 3 rings (SSSR count). The molecule has 0 fully saturated rings. The highest BCUT2D eigenvalue weighted by molar-refractivity contribution is 9.10. The van der Waals surface area contributed by atoms with Crippen LogP contribution in [0.3, 0.4) is 0 Å². The second kappa shape index (κ2) is 8.67. The summed E-state index contributed by atoms with van der Waals surface area (Å²) in [5.41, 5.74) is 5.09. The number of amides is 2. The van der Waals surface area contributed by atoms with E-state index in [1.807, 2.05) is 0 Å². The van der Waals surface area contributed by atoms with E-state index in [0.29, 0.717) is 0 Å². The van der Waals surface area contributed by atoms with E-state index in [9.17, 15) is 22.8 Å². The van der Waals surface area contributed by atoms with E-state index in [2.05, 4.69) is 46.0 Å². The molecule has 162 valence electrons. The van der Waals surface area contributed by atoms with Crippen molar-refractivity contribution in [2.45, 2.75) is 19.3 Å². The van der Waals surface area contributed by atoms with E-state index in [0.717, 1.165) is 18.5 Å². The fourth-order valence-electron chi connectivity index (χ4n) is 2.55. The van der Waals surface area contributed by atoms with E-state index in [-0.39, 0.29) is 27.4 Å². The lowest BCUT2D eigenvalue weighted by atomic mass is 10.2. The lowest BCUT2D eigenvalue weighted by molar-refractivity contribution is -0.274. The Bertz CT molecular complexity index is 1140. The third kappa shape index (κ3) is 5.53. The van der Waals surface area contributed by atoms with Crippen LogP contribution in [0.2, 0.25) is 0 Å². The molecule has 1 atom stereocenters. The zero-order valence-electron chi connectivity index (χ0n) is 15.6. The van der Waals surface area contributed by atoms with Gasteiger partial charge in [0.05, 0.1) is 6.04 Å². The van der Waals surface area contributed by atoms with Crippen LogP contribution in [0, 0.1) is 0 Å². The van der Waals surface area contributed by atoms with Crippen LogP contribution in [0.5, 0.6) is 5.75 Å². The number of nitrogens with zero attached hydrogens (tertiary/aromatic N) is 5. The zero-order valence-corrected chi connectivity index (χ0v) is 17.2. The van der Waals surface area contributed by atoms with Gasteiger partial charge >= 0.3 is 6.36 Å². The number of nitrogens with one attached hydrogen (secondary N) is 1. The minimum Gasteiger partial charge on any atom is -0.406 e. The van der Waals surface area contributed by atoms with Gasteiger partial charge in [-0.2, -0.15) is 9.78 Å². The summed E-state index contributed by atoms with van der Waals surface area (Å²) >= 11 is 3.05. The van der Waals surface area contributed by atoms with Crippen LogP contribution >= 0.6 is 15.9 Å². The number of carbonyl (C=O) groups is 2. The van der Waals surface area contributed by atoms with Crippen LogP contribution < -0.4 is 15.8 Å². The first-order chi connectivity index (χ1) is 14.5. The number of ether oxygens (including phenoxy) is 1. The molecule has 10 nitrogen and oxygen atoms in total. The fourth-order valence-corrected chi connectivity index (χ4v) is 3.02. The Morgan fingerprint density at radius 1 is 1.16 bits per heavy atom. The molecule has 0 aliphatic carbocycles. The Kier molecular flexibility index (Phi) is 6.19. The van der Waals surface area contributed by atoms with Crippen LogP contribution in [-0.4, -0.2) is 42.9 Å². The molecule has 2 amide bonds. The minimum atomic E-state index is -4.90. The molecule has 0 saturated heterocycles. The van der Waals surface area contributed by atoms with E-state index >= 15 is 0 Å². The van der Waals surface area contributed by atoms with Gasteiger partial charge in [-0.05, 0) is 25.1 Å². The van der Waals surface area contributed by atoms with Crippen molar-refractivity contribution in [2.24, 2.45) is 5.73 Å². The number of rotatable bonds is 6. The highest BCUT2D eigenvalue weighted by Gasteiger charge is 2.31. The summed E-state index contributed by atoms with van der Waals surface area (Å²) in [7, 11) is 0. The normalized spacial score (nSPS) is 12.3. The van der Waals surface area contributed by atoms with Crippen molar-refractivity contribution in [3.63, 3.8) is 0 Å². The molecule has 31 heavy (non-hydrogen) atoms. The number of carbonyl (C=O) groups excluding carboxylic acids is 2. The lowest BCUT2D eigenvalue weighted by Crippen LogP contribution is -2.29. The van der Waals surface area contributed by atoms with Gasteiger partial charge in [0.2, 0.25) is 0 Å². The van der Waals surface area contributed by atoms with Crippen molar-refractivity contribution in [3.8, 4) is 11.6 Å². The summed E-state index contributed by atoms with van der Waals surface area (Å²) in [5, 5.41) is 6.62. The van der Waals surface area contributed by atoms with Crippen molar-refractivity contribution < 1.29 is 27.5 Å². The van der Waals surface area contributed by atoms with E-state index < -0.39 is 30.0 Å². The molecule has 3 N–H and O–H groups in total. The SMILES string of the molecule is C[C@H](NC(=O)c1cc(Br)cc(OC(F)(F)F)c1)c1ncnn1-c1cc(C(N)=O)ncn1. The summed E-state index contributed by atoms with van der Waals surface area (Å²) < 4.78 is 42.8. The molecule has 0 unspecified atom stereocenters. The molecule has 0 saturated carbocycles. The number of nitrogens with two attached hydrogens (primary N) is 1. The van der Waals surface area contributed by atoms with Gasteiger partial charge in [-0.15, -0.1) is 13.2 Å². The molecule has 14 heteroatoms. The average molecular weight is 500 g/mol. The van der Waals surface area contributed by atoms with Gasteiger partial charge in [0, 0.05) is 16.1 Å². The first-order valence-electron chi connectivity index (χ1n) is 8.43. The van der Waals surface area contributed by atoms with Gasteiger partial charge in [-0.25, -0.2) is 15.0 Å². The standard InChI is InChI=1S/C17H13BrF3N7O3/c1-8(15-25-7-26-28(15)13-5-12(14(22)29)23-6-24-13)27-16(30)9-2-10(18)4-11(3-9)31-17(19,20)21/h2-8H,1H3,(H2,22,29)(H,27,30)/t8-/m0/s1. The largest absolute Gasteiger partial charge is 0.573 e. The third-order valence-electron chi connectivity index (χ3n) is 3.80. The Morgan fingerprint density at radius 3 is 2.58 bits per heavy atom. The van der Waals surface area contributed by atoms with Gasteiger partial charge in [0.1, 0.15) is 24.1 Å². The summed E-state index contributed by atoms with van der Waals surface area (Å²) in [6.07, 6.45) is -2.58. The quantitative estimate of drug-likeness (QED) is 0.530. The average Bonchev–Trinajstić information content (AvgIpc) is 3.16. The number of benzene rings is 1. The van der Waals surface area contributed by atoms with Crippen molar-refractivity contribution in [2.75, 3.05) is 0 Å². The van der Waals surface area contributed by atoms with Crippen LogP contribution in [-0.2, 0) is 0 Å². The number of hydrogen-bond acceptors (Lipinski definition) is 7. The number of primary amides is 1. The Balaban J connectivity index is 1.83. The monoisotopic (exact) mass is 499 g/mol. The number of hydrogen-bond donors (Lipinski definition) is 2. The molecule has 0 bridgehead atoms. The molecule has 3 aromatic rings. The molecule has 0 aliphatic rings. The molecular formula is C17H13BrF3N7O3. The lowest BCUT2D eigenvalue weighted by Gasteiger charge is -2.15. The second-order valence-corrected chi connectivity index (χ2v) is 6.99. The van der Waals surface area contributed by atoms with Crippen LogP contribution in [0.25, 0.3) is 5.82 Å². The third-order valence-corrected chi connectivity index (χ3v) is 4.26. The van der Waals surface area contributed by atoms with Gasteiger partial charge < -0.3 is 15.8 Å². The highest BCUT2D eigenvalue weighted by Crippen LogP contribution is 2.27. The van der Waals surface area contributed by atoms with Crippen LogP contribution in [0.15, 0.2) is 41.4 Å². The maximum Gasteiger partial charge on any atom is 0.573 e. The van der Waals surface area contributed by atoms with E-state index in [1.54, 1.807) is 6.92 Å². The maximum atomic E-state index is 12.6. The van der Waals surface area contributed by atoms with Crippen molar-refractivity contribution in [3.05, 3.63) is 58.5 Å². The van der Waals surface area contributed by atoms with Crippen molar-refractivity contribution >= 4 is 27.7 Å². The number of alkyl halides is 3. The Morgan fingerprint density at radius 2 is 1.90 bits per heavy atom. The molecule has 0 spiro atoms. The number of halogens is 4. The summed E-state index contributed by atoms with van der Waals surface area (Å²) in [6, 6.07) is 3.92. The van der Waals surface area contributed by atoms with Gasteiger partial charge in [-0.3, -0.25) is 9.59 Å². The molecule has 1 aromatic carbocycles. The maximum absolute atomic E-state index is 12.6. The highest BCUT2D eigenvalue weighted by atomic mass is 79.9. The molecule has 2 heterocycles. The minimum absolute atomic E-state index is 0.0468. The van der Waals surface area contributed by atoms with Crippen LogP contribution in [0.1, 0.15) is 39.6 Å². The molecule has 0 aliphatic heterocycles. The predicted molar refractivity (Wildman–Crippen MR) is 102 cm³/mol. The number of aromatic nitrogens is 5. The Labute approximate surface area is 180 Å². The summed E-state index contributed by atoms with van der Waals surface area (Å²) in [4.78, 5) is 35.7. The molecular weight excluding hydrogens is 487 g/mol. The fraction of sp³-hybridized carbons (Fsp3) is 0.176. The van der Waals surface area contributed by atoms with Crippen molar-refractivity contribution in [1.29, 1.82) is 0 Å². The summed E-state index contributed by atoms with van der Waals surface area (Å²) in [5.74, 6) is -1.58. The second-order valence-electron chi connectivity index (χ2n) is 6.07. The Hall–Kier alpha value is -3.55. The first-order valence-corrected chi connectivity index (χ1v) is 9.22. The predicted octanol–water partition coefficient (Wildman–Crippen LogP) is 2.31. The van der Waals surface area contributed by atoms with E-state index in [4.69, 9.17) is 5.73 Å². The molecule has 2 aromatic heterocycles. The van der Waals surface area contributed by atoms with Crippen LogP contribution in [0.4, 0.5) is 13.2 Å². The van der Waals surface area contributed by atoms with Crippen molar-refractivity contribution in [1.82, 2.24) is 30.0 Å². The molecule has 0 radical (unpaired) electrons.